The van der Waals surface area contributed by atoms with Crippen molar-refractivity contribution < 1.29 is 29.6 Å². The Kier molecular flexibility index (Phi) is 4.99. The summed E-state index contributed by atoms with van der Waals surface area (Å²) in [6.07, 6.45) is 1.90. The van der Waals surface area contributed by atoms with Crippen LogP contribution in [0.2, 0.25) is 0 Å². The van der Waals surface area contributed by atoms with Crippen LogP contribution in [0.5, 0.6) is 28.7 Å². The second kappa shape index (κ2) is 7.23. The van der Waals surface area contributed by atoms with E-state index in [-0.39, 0.29) is 40.8 Å². The molecule has 0 saturated heterocycles. The monoisotopic (exact) mass is 370 g/mol. The smallest absolute Gasteiger partial charge is 0.174 e. The molecule has 2 aromatic rings. The molecule has 0 aliphatic carbocycles. The number of rotatable bonds is 4. The molecule has 0 spiro atoms. The molecule has 6 nitrogen and oxygen atoms in total. The van der Waals surface area contributed by atoms with Crippen molar-refractivity contribution in [3.8, 4) is 28.7 Å². The summed E-state index contributed by atoms with van der Waals surface area (Å²) in [6, 6.07) is 5.83. The summed E-state index contributed by atoms with van der Waals surface area (Å²) in [5, 5.41) is 30.0. The van der Waals surface area contributed by atoms with Crippen LogP contribution in [0, 0.1) is 0 Å². The third-order valence-electron chi connectivity index (χ3n) is 4.48. The Labute approximate surface area is 157 Å². The van der Waals surface area contributed by atoms with Gasteiger partial charge in [0.05, 0.1) is 13.5 Å². The molecular formula is C21H22O6. The van der Waals surface area contributed by atoms with E-state index in [2.05, 4.69) is 0 Å². The van der Waals surface area contributed by atoms with Crippen molar-refractivity contribution in [3.05, 3.63) is 52.6 Å². The van der Waals surface area contributed by atoms with Crippen molar-refractivity contribution in [2.75, 3.05) is 7.11 Å². The second-order valence-corrected chi connectivity index (χ2v) is 6.79. The number of hydrogen-bond acceptors (Lipinski definition) is 6. The van der Waals surface area contributed by atoms with E-state index in [0.29, 0.717) is 23.3 Å². The summed E-state index contributed by atoms with van der Waals surface area (Å²) >= 11 is 0. The quantitative estimate of drug-likeness (QED) is 0.703. The highest BCUT2D eigenvalue weighted by atomic mass is 16.5. The van der Waals surface area contributed by atoms with Crippen LogP contribution in [-0.2, 0) is 6.42 Å². The molecule has 0 radical (unpaired) electrons. The van der Waals surface area contributed by atoms with Crippen molar-refractivity contribution in [2.24, 2.45) is 0 Å². The lowest BCUT2D eigenvalue weighted by Gasteiger charge is -2.27. The van der Waals surface area contributed by atoms with E-state index in [0.717, 1.165) is 11.6 Å². The Morgan fingerprint density at radius 3 is 2.63 bits per heavy atom. The highest BCUT2D eigenvalue weighted by Crippen LogP contribution is 2.43. The van der Waals surface area contributed by atoms with E-state index in [1.807, 2.05) is 19.9 Å². The molecule has 6 heteroatoms. The average Bonchev–Trinajstić information content (AvgIpc) is 2.59. The number of hydrogen-bond donors (Lipinski definition) is 3. The summed E-state index contributed by atoms with van der Waals surface area (Å²) in [4.78, 5) is 12.5. The molecule has 1 aliphatic rings. The number of aromatic hydroxyl groups is 3. The Bertz CT molecular complexity index is 925. The van der Waals surface area contributed by atoms with Gasteiger partial charge in [-0.15, -0.1) is 0 Å². The SMILES string of the molecule is COc1cc([C@@H]2CC(=O)c3c(O)cc(O)cc3O2)cc(CC=C(C)C)c1O. The van der Waals surface area contributed by atoms with Crippen LogP contribution >= 0.6 is 0 Å². The molecule has 0 unspecified atom stereocenters. The van der Waals surface area contributed by atoms with Crippen LogP contribution < -0.4 is 9.47 Å². The van der Waals surface area contributed by atoms with Crippen LogP contribution in [0.1, 0.15) is 47.9 Å². The van der Waals surface area contributed by atoms with E-state index in [1.165, 1.54) is 13.2 Å². The maximum absolute atomic E-state index is 12.5. The predicted molar refractivity (Wildman–Crippen MR) is 99.9 cm³/mol. The minimum atomic E-state index is -0.619. The van der Waals surface area contributed by atoms with Gasteiger partial charge in [0.15, 0.2) is 17.3 Å². The number of carbonyl (C=O) groups excluding carboxylic acids is 1. The summed E-state index contributed by atoms with van der Waals surface area (Å²) in [5.41, 5.74) is 2.51. The molecule has 0 saturated carbocycles. The van der Waals surface area contributed by atoms with Crippen molar-refractivity contribution >= 4 is 5.78 Å². The van der Waals surface area contributed by atoms with E-state index >= 15 is 0 Å². The Morgan fingerprint density at radius 2 is 1.96 bits per heavy atom. The van der Waals surface area contributed by atoms with Gasteiger partial charge in [0, 0.05) is 17.7 Å². The third kappa shape index (κ3) is 3.69. The van der Waals surface area contributed by atoms with Gasteiger partial charge in [-0.3, -0.25) is 4.79 Å². The maximum Gasteiger partial charge on any atom is 0.174 e. The van der Waals surface area contributed by atoms with E-state index < -0.39 is 6.10 Å². The molecular weight excluding hydrogens is 348 g/mol. The first kappa shape index (κ1) is 18.6. The minimum absolute atomic E-state index is 0.0291. The Morgan fingerprint density at radius 1 is 1.22 bits per heavy atom. The van der Waals surface area contributed by atoms with E-state index in [1.54, 1.807) is 12.1 Å². The number of carbonyl (C=O) groups is 1. The van der Waals surface area contributed by atoms with Gasteiger partial charge in [0.2, 0.25) is 0 Å². The van der Waals surface area contributed by atoms with Gasteiger partial charge in [0.1, 0.15) is 28.9 Å². The van der Waals surface area contributed by atoms with Gasteiger partial charge >= 0.3 is 0 Å². The van der Waals surface area contributed by atoms with Crippen molar-refractivity contribution in [1.82, 2.24) is 0 Å². The standard InChI is InChI=1S/C21H22O6/c1-11(2)4-5-12-6-13(7-19(26-3)21(12)25)17-10-16(24)20-15(23)8-14(22)9-18(20)27-17/h4,6-9,17,22-23,25H,5,10H2,1-3H3/t17-/m0/s1. The van der Waals surface area contributed by atoms with Crippen molar-refractivity contribution in [3.63, 3.8) is 0 Å². The molecule has 2 aromatic carbocycles. The first-order valence-electron chi connectivity index (χ1n) is 8.59. The van der Waals surface area contributed by atoms with Gasteiger partial charge in [-0.25, -0.2) is 0 Å². The zero-order valence-corrected chi connectivity index (χ0v) is 15.4. The number of allylic oxidation sites excluding steroid dienone is 2. The number of phenolic OH excluding ortho intramolecular Hbond substituents is 3. The van der Waals surface area contributed by atoms with Crippen LogP contribution in [0.3, 0.4) is 0 Å². The number of benzene rings is 2. The first-order valence-corrected chi connectivity index (χ1v) is 8.59. The molecule has 1 aliphatic heterocycles. The molecule has 1 atom stereocenters. The van der Waals surface area contributed by atoms with E-state index in [9.17, 15) is 20.1 Å². The lowest BCUT2D eigenvalue weighted by molar-refractivity contribution is 0.0844. The van der Waals surface area contributed by atoms with Gasteiger partial charge in [-0.05, 0) is 38.0 Å². The topological polar surface area (TPSA) is 96.2 Å². The first-order chi connectivity index (χ1) is 12.8. The Hall–Kier alpha value is -3.15. The van der Waals surface area contributed by atoms with Gasteiger partial charge in [-0.1, -0.05) is 11.6 Å². The number of Topliss-reactive ketones (excluding diaryl/α,β-unsaturated/α-hetero) is 1. The normalized spacial score (nSPS) is 15.7. The summed E-state index contributed by atoms with van der Waals surface area (Å²) in [6.45, 7) is 3.94. The average molecular weight is 370 g/mol. The van der Waals surface area contributed by atoms with Crippen LogP contribution in [0.15, 0.2) is 35.9 Å². The summed E-state index contributed by atoms with van der Waals surface area (Å²) in [5.74, 6) is -0.293. The van der Waals surface area contributed by atoms with Gasteiger partial charge in [-0.2, -0.15) is 0 Å². The summed E-state index contributed by atoms with van der Waals surface area (Å²) < 4.78 is 11.1. The highest BCUT2D eigenvalue weighted by Gasteiger charge is 2.31. The molecule has 3 N–H and O–H groups in total. The van der Waals surface area contributed by atoms with Gasteiger partial charge in [0.25, 0.3) is 0 Å². The largest absolute Gasteiger partial charge is 0.508 e. The fraction of sp³-hybridized carbons (Fsp3) is 0.286. The van der Waals surface area contributed by atoms with Crippen molar-refractivity contribution in [2.45, 2.75) is 32.8 Å². The number of methoxy groups -OCH3 is 1. The third-order valence-corrected chi connectivity index (χ3v) is 4.48. The fourth-order valence-electron chi connectivity index (χ4n) is 3.11. The maximum atomic E-state index is 12.5. The lowest BCUT2D eigenvalue weighted by Crippen LogP contribution is -2.20. The second-order valence-electron chi connectivity index (χ2n) is 6.79. The molecule has 27 heavy (non-hydrogen) atoms. The zero-order chi connectivity index (χ0) is 19.7. The minimum Gasteiger partial charge on any atom is -0.508 e. The molecule has 3 rings (SSSR count). The lowest BCUT2D eigenvalue weighted by atomic mass is 9.93. The van der Waals surface area contributed by atoms with Crippen LogP contribution in [0.4, 0.5) is 0 Å². The van der Waals surface area contributed by atoms with Crippen LogP contribution in [-0.4, -0.2) is 28.2 Å². The van der Waals surface area contributed by atoms with Crippen LogP contribution in [0.25, 0.3) is 0 Å². The van der Waals surface area contributed by atoms with Crippen molar-refractivity contribution in [1.29, 1.82) is 0 Å². The number of phenols is 3. The molecule has 0 bridgehead atoms. The molecule has 142 valence electrons. The fourth-order valence-corrected chi connectivity index (χ4v) is 3.11. The predicted octanol–water partition coefficient (Wildman–Crippen LogP) is 4.03. The molecule has 0 aromatic heterocycles. The highest BCUT2D eigenvalue weighted by molar-refractivity contribution is 6.02. The Balaban J connectivity index is 2.02. The zero-order valence-electron chi connectivity index (χ0n) is 15.4. The number of ether oxygens (including phenoxy) is 2. The molecule has 1 heterocycles. The number of fused-ring (bicyclic) bond motifs is 1. The molecule has 0 fully saturated rings. The molecule has 0 amide bonds. The van der Waals surface area contributed by atoms with E-state index in [4.69, 9.17) is 9.47 Å². The number of ketones is 1. The summed E-state index contributed by atoms with van der Waals surface area (Å²) in [7, 11) is 1.46. The van der Waals surface area contributed by atoms with Gasteiger partial charge < -0.3 is 24.8 Å².